The highest BCUT2D eigenvalue weighted by Gasteiger charge is 2.61. The summed E-state index contributed by atoms with van der Waals surface area (Å²) in [6.07, 6.45) is 11.2. The Balaban J connectivity index is 1.45. The van der Waals surface area contributed by atoms with Gasteiger partial charge in [-0.25, -0.2) is 0 Å². The minimum atomic E-state index is -0.274. The van der Waals surface area contributed by atoms with E-state index in [2.05, 4.69) is 37.4 Å². The summed E-state index contributed by atoms with van der Waals surface area (Å²) >= 11 is 1.77. The van der Waals surface area contributed by atoms with Crippen molar-refractivity contribution in [3.8, 4) is 0 Å². The van der Waals surface area contributed by atoms with Crippen molar-refractivity contribution in [2.45, 2.75) is 77.4 Å². The van der Waals surface area contributed by atoms with E-state index in [0.717, 1.165) is 37.5 Å². The Bertz CT molecular complexity index is 725. The Labute approximate surface area is 167 Å². The van der Waals surface area contributed by atoms with Gasteiger partial charge in [-0.3, -0.25) is 0 Å². The zero-order valence-corrected chi connectivity index (χ0v) is 17.5. The van der Waals surface area contributed by atoms with Gasteiger partial charge in [0.2, 0.25) is 0 Å². The molecular weight excluding hydrogens is 352 g/mol. The lowest BCUT2D eigenvalue weighted by Gasteiger charge is -2.60. The van der Waals surface area contributed by atoms with Gasteiger partial charge < -0.3 is 10.2 Å². The second-order valence-electron chi connectivity index (χ2n) is 10.5. The van der Waals surface area contributed by atoms with Crippen molar-refractivity contribution in [1.29, 1.82) is 0 Å². The summed E-state index contributed by atoms with van der Waals surface area (Å²) in [5.41, 5.74) is 1.74. The van der Waals surface area contributed by atoms with Crippen molar-refractivity contribution in [2.75, 3.05) is 0 Å². The highest BCUT2D eigenvalue weighted by atomic mass is 32.1. The number of rotatable bonds is 1. The van der Waals surface area contributed by atoms with Gasteiger partial charge in [0, 0.05) is 10.3 Å². The monoisotopic (exact) mass is 386 g/mol. The van der Waals surface area contributed by atoms with Gasteiger partial charge in [0.05, 0.1) is 12.2 Å². The number of hydrogen-bond donors (Lipinski definition) is 2. The average Bonchev–Trinajstić information content (AvgIpc) is 3.24. The molecule has 27 heavy (non-hydrogen) atoms. The molecule has 2 N–H and O–H groups in total. The van der Waals surface area contributed by atoms with Crippen molar-refractivity contribution < 1.29 is 10.2 Å². The van der Waals surface area contributed by atoms with Crippen LogP contribution in [0.15, 0.2) is 23.1 Å². The maximum Gasteiger partial charge on any atom is 0.0810 e. The number of fused-ring (bicyclic) bond motifs is 5. The predicted octanol–water partition coefficient (Wildman–Crippen LogP) is 5.51. The third-order valence-electron chi connectivity index (χ3n) is 9.38. The largest absolute Gasteiger partial charge is 0.393 e. The molecular formula is C24H34O2S. The smallest absolute Gasteiger partial charge is 0.0810 e. The molecule has 4 aliphatic carbocycles. The Hall–Kier alpha value is -0.640. The lowest BCUT2D eigenvalue weighted by molar-refractivity contribution is -0.133. The normalized spacial score (nSPS) is 50.9. The maximum absolute atomic E-state index is 11.3. The van der Waals surface area contributed by atoms with Crippen molar-refractivity contribution in [3.05, 3.63) is 28.0 Å². The van der Waals surface area contributed by atoms with Crippen LogP contribution in [0.2, 0.25) is 0 Å². The molecule has 0 bridgehead atoms. The summed E-state index contributed by atoms with van der Waals surface area (Å²) in [6.45, 7) is 4.91. The fourth-order valence-corrected chi connectivity index (χ4v) is 8.48. The molecule has 0 amide bonds. The first-order chi connectivity index (χ1) is 12.9. The van der Waals surface area contributed by atoms with Crippen LogP contribution in [0.5, 0.6) is 0 Å². The summed E-state index contributed by atoms with van der Waals surface area (Å²) in [7, 11) is 0. The van der Waals surface area contributed by atoms with Crippen LogP contribution < -0.4 is 0 Å². The quantitative estimate of drug-likeness (QED) is 0.668. The van der Waals surface area contributed by atoms with Gasteiger partial charge in [-0.15, -0.1) is 11.3 Å². The Morgan fingerprint density at radius 3 is 2.63 bits per heavy atom. The lowest BCUT2D eigenvalue weighted by Crippen LogP contribution is -2.54. The molecule has 0 saturated heterocycles. The average molecular weight is 387 g/mol. The first-order valence-corrected chi connectivity index (χ1v) is 11.9. The molecule has 4 fully saturated rings. The van der Waals surface area contributed by atoms with Crippen molar-refractivity contribution in [1.82, 2.24) is 0 Å². The van der Waals surface area contributed by atoms with Crippen LogP contribution in [0, 0.1) is 34.5 Å². The molecule has 8 atom stereocenters. The van der Waals surface area contributed by atoms with Crippen LogP contribution in [-0.2, 0) is 0 Å². The SMILES string of the molecule is C[C@]12CC[C@@H](O)C[C@@H]1CC[C@@H]1[C@@H]2CC[C@]2(C)[C@@H](O)/C(=C/c3cccs3)C[C@@H]12. The van der Waals surface area contributed by atoms with E-state index in [9.17, 15) is 10.2 Å². The highest BCUT2D eigenvalue weighted by molar-refractivity contribution is 7.10. The predicted molar refractivity (Wildman–Crippen MR) is 111 cm³/mol. The second-order valence-corrected chi connectivity index (χ2v) is 11.5. The summed E-state index contributed by atoms with van der Waals surface area (Å²) in [4.78, 5) is 1.28. The minimum Gasteiger partial charge on any atom is -0.393 e. The molecule has 0 unspecified atom stereocenters. The number of hydrogen-bond acceptors (Lipinski definition) is 3. The van der Waals surface area contributed by atoms with Crippen molar-refractivity contribution >= 4 is 17.4 Å². The van der Waals surface area contributed by atoms with Gasteiger partial charge in [-0.1, -0.05) is 19.9 Å². The molecule has 1 aromatic rings. The highest BCUT2D eigenvalue weighted by Crippen LogP contribution is 2.67. The van der Waals surface area contributed by atoms with Crippen LogP contribution in [0.3, 0.4) is 0 Å². The second kappa shape index (κ2) is 6.43. The third-order valence-corrected chi connectivity index (χ3v) is 10.2. The molecule has 1 heterocycles. The molecule has 4 saturated carbocycles. The first-order valence-electron chi connectivity index (χ1n) is 11.0. The van der Waals surface area contributed by atoms with E-state index in [4.69, 9.17) is 0 Å². The van der Waals surface area contributed by atoms with Gasteiger partial charge in [0.1, 0.15) is 0 Å². The minimum absolute atomic E-state index is 0.0572. The zero-order valence-electron chi connectivity index (χ0n) is 16.7. The van der Waals surface area contributed by atoms with E-state index in [1.54, 1.807) is 11.3 Å². The Kier molecular flexibility index (Phi) is 4.38. The molecule has 3 heteroatoms. The standard InChI is InChI=1S/C24H34O2S/c1-23-9-7-17(25)14-16(23)5-6-19-20(23)8-10-24(2)21(19)13-15(22(24)26)12-18-4-3-11-27-18/h3-4,11-12,16-17,19-22,25-26H,5-10,13-14H2,1-2H3/b15-12+/t16-,17+,19+,20-,21-,22-,23-,24-/m0/s1. The molecule has 4 aliphatic rings. The van der Waals surface area contributed by atoms with Crippen LogP contribution in [-0.4, -0.2) is 22.4 Å². The zero-order chi connectivity index (χ0) is 18.8. The molecule has 5 rings (SSSR count). The fraction of sp³-hybridized carbons (Fsp3) is 0.750. The Morgan fingerprint density at radius 2 is 1.85 bits per heavy atom. The molecule has 0 radical (unpaired) electrons. The van der Waals surface area contributed by atoms with Crippen LogP contribution in [0.25, 0.3) is 6.08 Å². The van der Waals surface area contributed by atoms with Gasteiger partial charge in [0.15, 0.2) is 0 Å². The molecule has 1 aromatic heterocycles. The molecule has 2 nitrogen and oxygen atoms in total. The van der Waals surface area contributed by atoms with Gasteiger partial charge in [-0.05, 0) is 104 Å². The molecule has 148 valence electrons. The van der Waals surface area contributed by atoms with Crippen LogP contribution in [0.1, 0.15) is 70.1 Å². The number of aliphatic hydroxyl groups excluding tert-OH is 2. The topological polar surface area (TPSA) is 40.5 Å². The molecule has 0 aliphatic heterocycles. The third kappa shape index (κ3) is 2.72. The van der Waals surface area contributed by atoms with E-state index >= 15 is 0 Å². The molecule has 0 aromatic carbocycles. The Morgan fingerprint density at radius 1 is 1.04 bits per heavy atom. The van der Waals surface area contributed by atoms with Crippen molar-refractivity contribution in [2.24, 2.45) is 34.5 Å². The van der Waals surface area contributed by atoms with Gasteiger partial charge >= 0.3 is 0 Å². The van der Waals surface area contributed by atoms with E-state index < -0.39 is 0 Å². The van der Waals surface area contributed by atoms with E-state index in [0.29, 0.717) is 17.3 Å². The van der Waals surface area contributed by atoms with Crippen molar-refractivity contribution in [3.63, 3.8) is 0 Å². The summed E-state index contributed by atoms with van der Waals surface area (Å²) in [6, 6.07) is 4.26. The lowest BCUT2D eigenvalue weighted by atomic mass is 9.45. The van der Waals surface area contributed by atoms with Gasteiger partial charge in [0.25, 0.3) is 0 Å². The van der Waals surface area contributed by atoms with Gasteiger partial charge in [-0.2, -0.15) is 0 Å². The number of thiophene rings is 1. The summed E-state index contributed by atoms with van der Waals surface area (Å²) in [5.74, 6) is 2.88. The maximum atomic E-state index is 11.3. The van der Waals surface area contributed by atoms with E-state index in [-0.39, 0.29) is 17.6 Å². The van der Waals surface area contributed by atoms with Crippen LogP contribution in [0.4, 0.5) is 0 Å². The summed E-state index contributed by atoms with van der Waals surface area (Å²) in [5, 5.41) is 23.6. The molecule has 0 spiro atoms. The first kappa shape index (κ1) is 18.4. The number of aliphatic hydroxyl groups is 2. The van der Waals surface area contributed by atoms with Crippen LogP contribution >= 0.6 is 11.3 Å². The fourth-order valence-electron chi connectivity index (χ4n) is 7.79. The summed E-state index contributed by atoms with van der Waals surface area (Å²) < 4.78 is 0. The van der Waals surface area contributed by atoms with E-state index in [1.807, 2.05) is 0 Å². The van der Waals surface area contributed by atoms with E-state index in [1.165, 1.54) is 36.1 Å².